The van der Waals surface area contributed by atoms with Crippen LogP contribution in [-0.4, -0.2) is 44.6 Å². The summed E-state index contributed by atoms with van der Waals surface area (Å²) < 4.78 is 0. The molecule has 0 radical (unpaired) electrons. The van der Waals surface area contributed by atoms with E-state index in [-0.39, 0.29) is 11.8 Å². The highest BCUT2D eigenvalue weighted by molar-refractivity contribution is 5.72. The molecule has 0 aromatic carbocycles. The number of rotatable bonds is 6. The van der Waals surface area contributed by atoms with Gasteiger partial charge in [0.15, 0.2) is 12.2 Å². The van der Waals surface area contributed by atoms with E-state index in [1.807, 2.05) is 27.7 Å². The molecule has 6 heteroatoms. The molecule has 0 bridgehead atoms. The molecule has 108 valence electrons. The first-order valence-corrected chi connectivity index (χ1v) is 5.89. The molecule has 0 saturated heterocycles. The molecule has 0 aliphatic heterocycles. The molecule has 0 heterocycles. The Hall–Kier alpha value is -1.14. The van der Waals surface area contributed by atoms with Crippen LogP contribution in [0.15, 0.2) is 0 Å². The number of hydrogen-bond acceptors (Lipinski definition) is 4. The molecule has 6 nitrogen and oxygen atoms in total. The van der Waals surface area contributed by atoms with Gasteiger partial charge in [-0.25, -0.2) is 9.59 Å². The van der Waals surface area contributed by atoms with Crippen LogP contribution in [0.1, 0.15) is 40.5 Å². The molecule has 0 fully saturated rings. The summed E-state index contributed by atoms with van der Waals surface area (Å²) in [6.07, 6.45) is -1.72. The summed E-state index contributed by atoms with van der Waals surface area (Å²) in [5.74, 6) is -1.81. The van der Waals surface area contributed by atoms with Gasteiger partial charge in [0.1, 0.15) is 0 Å². The summed E-state index contributed by atoms with van der Waals surface area (Å²) in [4.78, 5) is 20.0. The zero-order chi connectivity index (χ0) is 14.9. The van der Waals surface area contributed by atoms with Crippen molar-refractivity contribution < 1.29 is 30.0 Å². The van der Waals surface area contributed by atoms with Gasteiger partial charge in [0.2, 0.25) is 0 Å². The van der Waals surface area contributed by atoms with Crippen molar-refractivity contribution in [2.45, 2.75) is 52.7 Å². The van der Waals surface area contributed by atoms with Gasteiger partial charge in [-0.3, -0.25) is 0 Å². The van der Waals surface area contributed by atoms with E-state index in [2.05, 4.69) is 0 Å². The first kappa shape index (κ1) is 19.2. The quantitative estimate of drug-likeness (QED) is 0.568. The predicted molar refractivity (Wildman–Crippen MR) is 66.2 cm³/mol. The molecule has 0 spiro atoms. The van der Waals surface area contributed by atoms with Gasteiger partial charge in [-0.15, -0.1) is 0 Å². The topological polar surface area (TPSA) is 115 Å². The van der Waals surface area contributed by atoms with Crippen molar-refractivity contribution in [3.05, 3.63) is 0 Å². The average molecular weight is 264 g/mol. The first-order chi connectivity index (χ1) is 8.07. The lowest BCUT2D eigenvalue weighted by Crippen LogP contribution is -2.21. The highest BCUT2D eigenvalue weighted by Gasteiger charge is 2.14. The van der Waals surface area contributed by atoms with Gasteiger partial charge >= 0.3 is 11.9 Å². The van der Waals surface area contributed by atoms with E-state index < -0.39 is 24.1 Å². The molecule has 0 aliphatic rings. The smallest absolute Gasteiger partial charge is 0.332 e. The van der Waals surface area contributed by atoms with Crippen LogP contribution in [0.3, 0.4) is 0 Å². The molecule has 2 unspecified atom stereocenters. The largest absolute Gasteiger partial charge is 0.479 e. The Morgan fingerprint density at radius 2 is 1.00 bits per heavy atom. The SMILES string of the molecule is CC(C)CC(O)C(=O)O.CC(C)CC(O)C(=O)O. The van der Waals surface area contributed by atoms with Crippen molar-refractivity contribution in [1.82, 2.24) is 0 Å². The fourth-order valence-corrected chi connectivity index (χ4v) is 1.09. The molecule has 4 N–H and O–H groups in total. The third kappa shape index (κ3) is 12.9. The Morgan fingerprint density at radius 3 is 1.06 bits per heavy atom. The van der Waals surface area contributed by atoms with Gasteiger partial charge in [0.05, 0.1) is 0 Å². The van der Waals surface area contributed by atoms with Crippen molar-refractivity contribution in [2.75, 3.05) is 0 Å². The van der Waals surface area contributed by atoms with E-state index in [1.165, 1.54) is 0 Å². The predicted octanol–water partition coefficient (Wildman–Crippen LogP) is 0.956. The van der Waals surface area contributed by atoms with E-state index in [1.54, 1.807) is 0 Å². The Balaban J connectivity index is 0. The van der Waals surface area contributed by atoms with E-state index in [4.69, 9.17) is 20.4 Å². The second-order valence-corrected chi connectivity index (χ2v) is 4.97. The molecule has 0 amide bonds. The lowest BCUT2D eigenvalue weighted by molar-refractivity contribution is -0.148. The van der Waals surface area contributed by atoms with Crippen LogP contribution in [0.25, 0.3) is 0 Å². The Kier molecular flexibility index (Phi) is 10.5. The molecule has 0 aromatic heterocycles. The molecular weight excluding hydrogens is 240 g/mol. The summed E-state index contributed by atoms with van der Waals surface area (Å²) in [6, 6.07) is 0. The van der Waals surface area contributed by atoms with Crippen LogP contribution in [0.5, 0.6) is 0 Å². The van der Waals surface area contributed by atoms with Crippen LogP contribution < -0.4 is 0 Å². The summed E-state index contributed by atoms with van der Waals surface area (Å²) in [7, 11) is 0. The fourth-order valence-electron chi connectivity index (χ4n) is 1.09. The highest BCUT2D eigenvalue weighted by atomic mass is 16.4. The Morgan fingerprint density at radius 1 is 0.778 bits per heavy atom. The van der Waals surface area contributed by atoms with E-state index >= 15 is 0 Å². The van der Waals surface area contributed by atoms with Gasteiger partial charge < -0.3 is 20.4 Å². The number of carboxylic acid groups (broad SMARTS) is 2. The van der Waals surface area contributed by atoms with Crippen molar-refractivity contribution in [3.63, 3.8) is 0 Å². The number of carbonyl (C=O) groups is 2. The van der Waals surface area contributed by atoms with Gasteiger partial charge in [0.25, 0.3) is 0 Å². The minimum absolute atomic E-state index is 0.232. The van der Waals surface area contributed by atoms with Crippen LogP contribution in [0.2, 0.25) is 0 Å². The van der Waals surface area contributed by atoms with Crippen molar-refractivity contribution >= 4 is 11.9 Å². The fraction of sp³-hybridized carbons (Fsp3) is 0.833. The average Bonchev–Trinajstić information content (AvgIpc) is 2.16. The maximum absolute atomic E-state index is 9.98. The number of aliphatic hydroxyl groups excluding tert-OH is 2. The molecule has 18 heavy (non-hydrogen) atoms. The maximum Gasteiger partial charge on any atom is 0.332 e. The van der Waals surface area contributed by atoms with E-state index in [0.717, 1.165) is 0 Å². The van der Waals surface area contributed by atoms with Gasteiger partial charge in [-0.2, -0.15) is 0 Å². The Labute approximate surface area is 107 Å². The number of carboxylic acids is 2. The van der Waals surface area contributed by atoms with E-state index in [9.17, 15) is 9.59 Å². The highest BCUT2D eigenvalue weighted by Crippen LogP contribution is 2.04. The van der Waals surface area contributed by atoms with Crippen LogP contribution in [-0.2, 0) is 9.59 Å². The van der Waals surface area contributed by atoms with Gasteiger partial charge in [-0.05, 0) is 24.7 Å². The lowest BCUT2D eigenvalue weighted by atomic mass is 10.1. The minimum Gasteiger partial charge on any atom is -0.479 e. The number of hydrogen-bond donors (Lipinski definition) is 4. The van der Waals surface area contributed by atoms with Crippen molar-refractivity contribution in [2.24, 2.45) is 11.8 Å². The van der Waals surface area contributed by atoms with Crippen molar-refractivity contribution in [3.8, 4) is 0 Å². The molecule has 0 aliphatic carbocycles. The summed E-state index contributed by atoms with van der Waals surface area (Å²) >= 11 is 0. The first-order valence-electron chi connectivity index (χ1n) is 5.89. The van der Waals surface area contributed by atoms with Gasteiger partial charge in [0, 0.05) is 0 Å². The van der Waals surface area contributed by atoms with Crippen LogP contribution in [0, 0.1) is 11.8 Å². The molecule has 0 rings (SSSR count). The molecular formula is C12H24O6. The normalized spacial score (nSPS) is 13.8. The summed E-state index contributed by atoms with van der Waals surface area (Å²) in [6.45, 7) is 7.47. The molecule has 0 aromatic rings. The Bertz CT molecular complexity index is 223. The summed E-state index contributed by atoms with van der Waals surface area (Å²) in [5.41, 5.74) is 0. The second-order valence-electron chi connectivity index (χ2n) is 4.97. The molecule has 0 saturated carbocycles. The standard InChI is InChI=1S/2C6H12O3/c2*1-4(2)3-5(7)6(8)9/h2*4-5,7H,3H2,1-2H3,(H,8,9). The maximum atomic E-state index is 9.98. The number of aliphatic hydroxyl groups is 2. The second kappa shape index (κ2) is 9.85. The van der Waals surface area contributed by atoms with E-state index in [0.29, 0.717) is 12.8 Å². The molecule has 2 atom stereocenters. The van der Waals surface area contributed by atoms with Crippen LogP contribution >= 0.6 is 0 Å². The van der Waals surface area contributed by atoms with Crippen molar-refractivity contribution in [1.29, 1.82) is 0 Å². The number of aliphatic carboxylic acids is 2. The lowest BCUT2D eigenvalue weighted by Gasteiger charge is -2.06. The summed E-state index contributed by atoms with van der Waals surface area (Å²) in [5, 5.41) is 33.8. The van der Waals surface area contributed by atoms with Crippen LogP contribution in [0.4, 0.5) is 0 Å². The zero-order valence-electron chi connectivity index (χ0n) is 11.3. The third-order valence-corrected chi connectivity index (χ3v) is 1.96. The monoisotopic (exact) mass is 264 g/mol. The third-order valence-electron chi connectivity index (χ3n) is 1.96. The minimum atomic E-state index is -1.19. The zero-order valence-corrected chi connectivity index (χ0v) is 11.3. The van der Waals surface area contributed by atoms with Gasteiger partial charge in [-0.1, -0.05) is 27.7 Å².